The molecule has 0 saturated carbocycles. The van der Waals surface area contributed by atoms with Crippen molar-refractivity contribution >= 4 is 5.91 Å². The summed E-state index contributed by atoms with van der Waals surface area (Å²) in [5.74, 6) is -0.149. The number of carbonyl (C=O) groups is 1. The summed E-state index contributed by atoms with van der Waals surface area (Å²) in [5, 5.41) is 2.77. The van der Waals surface area contributed by atoms with E-state index < -0.39 is 6.04 Å². The SMILES string of the molecule is CC(C)=CCNC(=O)[C@@H](N)c1ccccc1. The fourth-order valence-electron chi connectivity index (χ4n) is 1.28. The lowest BCUT2D eigenvalue weighted by Crippen LogP contribution is -2.34. The molecule has 1 rings (SSSR count). The Balaban J connectivity index is 2.52. The quantitative estimate of drug-likeness (QED) is 0.757. The lowest BCUT2D eigenvalue weighted by Gasteiger charge is -2.11. The molecule has 0 spiro atoms. The molecular formula is C13H18N2O. The lowest BCUT2D eigenvalue weighted by atomic mass is 10.1. The molecule has 3 N–H and O–H groups in total. The molecule has 0 bridgehead atoms. The Hall–Kier alpha value is -1.61. The van der Waals surface area contributed by atoms with Gasteiger partial charge in [-0.1, -0.05) is 42.0 Å². The van der Waals surface area contributed by atoms with Gasteiger partial charge in [0.05, 0.1) is 0 Å². The molecule has 1 aromatic carbocycles. The van der Waals surface area contributed by atoms with E-state index in [2.05, 4.69) is 5.32 Å². The van der Waals surface area contributed by atoms with Crippen molar-refractivity contribution in [2.75, 3.05) is 6.54 Å². The van der Waals surface area contributed by atoms with Gasteiger partial charge in [-0.15, -0.1) is 0 Å². The fraction of sp³-hybridized carbons (Fsp3) is 0.308. The first-order valence-corrected chi connectivity index (χ1v) is 5.33. The van der Waals surface area contributed by atoms with Crippen molar-refractivity contribution in [2.24, 2.45) is 5.73 Å². The maximum Gasteiger partial charge on any atom is 0.241 e. The van der Waals surface area contributed by atoms with Gasteiger partial charge in [-0.25, -0.2) is 0 Å². The number of nitrogens with one attached hydrogen (secondary N) is 1. The Labute approximate surface area is 96.3 Å². The van der Waals surface area contributed by atoms with Gasteiger partial charge in [0.2, 0.25) is 5.91 Å². The second kappa shape index (κ2) is 6.08. The van der Waals surface area contributed by atoms with Crippen LogP contribution in [0.15, 0.2) is 42.0 Å². The second-order valence-electron chi connectivity index (χ2n) is 3.91. The maximum atomic E-state index is 11.7. The molecule has 86 valence electrons. The minimum absolute atomic E-state index is 0.149. The van der Waals surface area contributed by atoms with Gasteiger partial charge in [-0.3, -0.25) is 4.79 Å². The zero-order valence-electron chi connectivity index (χ0n) is 9.73. The molecule has 3 nitrogen and oxygen atoms in total. The zero-order chi connectivity index (χ0) is 12.0. The third-order valence-electron chi connectivity index (χ3n) is 2.23. The third-order valence-corrected chi connectivity index (χ3v) is 2.23. The van der Waals surface area contributed by atoms with Crippen LogP contribution in [0.5, 0.6) is 0 Å². The molecule has 0 aromatic heterocycles. The Kier molecular flexibility index (Phi) is 4.73. The monoisotopic (exact) mass is 218 g/mol. The Bertz CT molecular complexity index is 367. The van der Waals surface area contributed by atoms with E-state index in [1.54, 1.807) is 0 Å². The summed E-state index contributed by atoms with van der Waals surface area (Å²) in [6.07, 6.45) is 1.95. The first-order valence-electron chi connectivity index (χ1n) is 5.33. The second-order valence-corrected chi connectivity index (χ2v) is 3.91. The number of benzene rings is 1. The number of carbonyl (C=O) groups excluding carboxylic acids is 1. The highest BCUT2D eigenvalue weighted by Gasteiger charge is 2.13. The van der Waals surface area contributed by atoms with Crippen LogP contribution in [0, 0.1) is 0 Å². The van der Waals surface area contributed by atoms with E-state index in [1.165, 1.54) is 5.57 Å². The standard InChI is InChI=1S/C13H18N2O/c1-10(2)8-9-15-13(16)12(14)11-6-4-3-5-7-11/h3-8,12H,9,14H2,1-2H3,(H,15,16)/t12-/m0/s1. The normalized spacial score (nSPS) is 11.7. The van der Waals surface area contributed by atoms with Gasteiger partial charge >= 0.3 is 0 Å². The molecule has 1 atom stereocenters. The van der Waals surface area contributed by atoms with E-state index in [4.69, 9.17) is 5.73 Å². The molecule has 3 heteroatoms. The van der Waals surface area contributed by atoms with Gasteiger partial charge < -0.3 is 11.1 Å². The lowest BCUT2D eigenvalue weighted by molar-refractivity contribution is -0.122. The average molecular weight is 218 g/mol. The molecular weight excluding hydrogens is 200 g/mol. The molecule has 1 aromatic rings. The van der Waals surface area contributed by atoms with Crippen molar-refractivity contribution in [3.8, 4) is 0 Å². The molecule has 0 unspecified atom stereocenters. The summed E-state index contributed by atoms with van der Waals surface area (Å²) in [7, 11) is 0. The third kappa shape index (κ3) is 3.87. The Morgan fingerprint density at radius 1 is 1.38 bits per heavy atom. The van der Waals surface area contributed by atoms with Crippen LogP contribution in [0.1, 0.15) is 25.5 Å². The van der Waals surface area contributed by atoms with E-state index in [0.717, 1.165) is 5.56 Å². The van der Waals surface area contributed by atoms with Gasteiger partial charge in [-0.2, -0.15) is 0 Å². The highest BCUT2D eigenvalue weighted by atomic mass is 16.2. The summed E-state index contributed by atoms with van der Waals surface area (Å²) < 4.78 is 0. The van der Waals surface area contributed by atoms with Crippen LogP contribution in [0.25, 0.3) is 0 Å². The predicted molar refractivity (Wildman–Crippen MR) is 65.8 cm³/mol. The number of hydrogen-bond acceptors (Lipinski definition) is 2. The minimum atomic E-state index is -0.591. The Morgan fingerprint density at radius 3 is 2.56 bits per heavy atom. The fourth-order valence-corrected chi connectivity index (χ4v) is 1.28. The average Bonchev–Trinajstić information content (AvgIpc) is 2.28. The van der Waals surface area contributed by atoms with Crippen LogP contribution >= 0.6 is 0 Å². The minimum Gasteiger partial charge on any atom is -0.351 e. The van der Waals surface area contributed by atoms with Gasteiger partial charge in [-0.05, 0) is 19.4 Å². The molecule has 0 aliphatic heterocycles. The van der Waals surface area contributed by atoms with Crippen LogP contribution in [0.4, 0.5) is 0 Å². The van der Waals surface area contributed by atoms with Crippen LogP contribution in [-0.2, 0) is 4.79 Å². The summed E-state index contributed by atoms with van der Waals surface area (Å²) in [6.45, 7) is 4.51. The van der Waals surface area contributed by atoms with E-state index in [1.807, 2.05) is 50.3 Å². The summed E-state index contributed by atoms with van der Waals surface area (Å²) in [4.78, 5) is 11.7. The van der Waals surface area contributed by atoms with Crippen molar-refractivity contribution in [1.29, 1.82) is 0 Å². The van der Waals surface area contributed by atoms with Gasteiger partial charge in [0.25, 0.3) is 0 Å². The van der Waals surface area contributed by atoms with Crippen molar-refractivity contribution in [1.82, 2.24) is 5.32 Å². The summed E-state index contributed by atoms with van der Waals surface area (Å²) in [5.41, 5.74) is 7.83. The van der Waals surface area contributed by atoms with Crippen molar-refractivity contribution in [3.63, 3.8) is 0 Å². The molecule has 0 radical (unpaired) electrons. The van der Waals surface area contributed by atoms with E-state index in [-0.39, 0.29) is 5.91 Å². The molecule has 0 saturated heterocycles. The van der Waals surface area contributed by atoms with Crippen molar-refractivity contribution in [3.05, 3.63) is 47.5 Å². The number of rotatable bonds is 4. The largest absolute Gasteiger partial charge is 0.351 e. The van der Waals surface area contributed by atoms with Crippen molar-refractivity contribution < 1.29 is 4.79 Å². The van der Waals surface area contributed by atoms with E-state index in [9.17, 15) is 4.79 Å². The number of amides is 1. The molecule has 0 heterocycles. The van der Waals surface area contributed by atoms with Crippen LogP contribution in [-0.4, -0.2) is 12.5 Å². The van der Waals surface area contributed by atoms with Crippen LogP contribution in [0.2, 0.25) is 0 Å². The Morgan fingerprint density at radius 2 is 2.00 bits per heavy atom. The molecule has 16 heavy (non-hydrogen) atoms. The molecule has 1 amide bonds. The van der Waals surface area contributed by atoms with Gasteiger partial charge in [0.1, 0.15) is 6.04 Å². The number of allylic oxidation sites excluding steroid dienone is 1. The smallest absolute Gasteiger partial charge is 0.241 e. The van der Waals surface area contributed by atoms with E-state index in [0.29, 0.717) is 6.54 Å². The molecule has 0 aliphatic carbocycles. The predicted octanol–water partition coefficient (Wildman–Crippen LogP) is 1.77. The van der Waals surface area contributed by atoms with E-state index >= 15 is 0 Å². The first kappa shape index (κ1) is 12.5. The highest BCUT2D eigenvalue weighted by molar-refractivity contribution is 5.82. The molecule has 0 fully saturated rings. The maximum absolute atomic E-state index is 11.7. The van der Waals surface area contributed by atoms with Gasteiger partial charge in [0, 0.05) is 6.54 Å². The summed E-state index contributed by atoms with van der Waals surface area (Å²) >= 11 is 0. The number of nitrogens with two attached hydrogens (primary N) is 1. The van der Waals surface area contributed by atoms with Gasteiger partial charge in [0.15, 0.2) is 0 Å². The molecule has 0 aliphatic rings. The number of hydrogen-bond donors (Lipinski definition) is 2. The highest BCUT2D eigenvalue weighted by Crippen LogP contribution is 2.08. The van der Waals surface area contributed by atoms with Crippen LogP contribution < -0.4 is 11.1 Å². The summed E-state index contributed by atoms with van der Waals surface area (Å²) in [6, 6.07) is 8.76. The van der Waals surface area contributed by atoms with Crippen molar-refractivity contribution in [2.45, 2.75) is 19.9 Å². The topological polar surface area (TPSA) is 55.1 Å². The first-order chi connectivity index (χ1) is 7.61. The zero-order valence-corrected chi connectivity index (χ0v) is 9.73. The van der Waals surface area contributed by atoms with Crippen LogP contribution in [0.3, 0.4) is 0 Å².